The molecule has 0 bridgehead atoms. The van der Waals surface area contributed by atoms with Crippen LogP contribution >= 0.6 is 0 Å². The number of rotatable bonds is 4. The largest absolute Gasteiger partial charge is 0.387 e. The van der Waals surface area contributed by atoms with Crippen LogP contribution in [-0.2, 0) is 10.3 Å². The maximum atomic E-state index is 14.1. The number of carbonyl (C=O) groups is 2. The third-order valence-electron chi connectivity index (χ3n) is 4.28. The SMILES string of the molecule is CC1(c2cc(F)ccc2F)NC(=O)N(CC(O)c2ccccc2)C1=O. The van der Waals surface area contributed by atoms with Crippen LogP contribution in [-0.4, -0.2) is 28.5 Å². The van der Waals surface area contributed by atoms with Crippen molar-refractivity contribution in [2.24, 2.45) is 0 Å². The van der Waals surface area contributed by atoms with Gasteiger partial charge in [-0.1, -0.05) is 30.3 Å². The molecule has 3 amide bonds. The molecule has 2 aromatic rings. The molecule has 2 N–H and O–H groups in total. The van der Waals surface area contributed by atoms with Crippen LogP contribution in [0.2, 0.25) is 0 Å². The van der Waals surface area contributed by atoms with Gasteiger partial charge in [0.15, 0.2) is 0 Å². The number of aliphatic hydroxyl groups excluding tert-OH is 1. The van der Waals surface area contributed by atoms with Gasteiger partial charge in [-0.2, -0.15) is 0 Å². The number of carbonyl (C=O) groups excluding carboxylic acids is 2. The Hall–Kier alpha value is -2.80. The normalized spacial score (nSPS) is 21.4. The van der Waals surface area contributed by atoms with Gasteiger partial charge < -0.3 is 10.4 Å². The van der Waals surface area contributed by atoms with E-state index in [0.29, 0.717) is 5.56 Å². The number of benzene rings is 2. The molecule has 0 aromatic heterocycles. The highest BCUT2D eigenvalue weighted by Crippen LogP contribution is 2.32. The summed E-state index contributed by atoms with van der Waals surface area (Å²) in [7, 11) is 0. The van der Waals surface area contributed by atoms with Crippen molar-refractivity contribution in [2.45, 2.75) is 18.6 Å². The zero-order valence-electron chi connectivity index (χ0n) is 13.4. The van der Waals surface area contributed by atoms with Crippen molar-refractivity contribution < 1.29 is 23.5 Å². The first-order chi connectivity index (χ1) is 11.8. The minimum Gasteiger partial charge on any atom is -0.387 e. The number of urea groups is 1. The van der Waals surface area contributed by atoms with E-state index in [2.05, 4.69) is 5.32 Å². The Kier molecular flexibility index (Phi) is 4.26. The molecule has 2 aromatic carbocycles. The third-order valence-corrected chi connectivity index (χ3v) is 4.28. The van der Waals surface area contributed by atoms with Gasteiger partial charge in [-0.25, -0.2) is 13.6 Å². The average molecular weight is 346 g/mol. The summed E-state index contributed by atoms with van der Waals surface area (Å²) in [4.78, 5) is 25.7. The predicted molar refractivity (Wildman–Crippen MR) is 85.4 cm³/mol. The Morgan fingerprint density at radius 1 is 1.16 bits per heavy atom. The predicted octanol–water partition coefficient (Wildman–Crippen LogP) is 2.47. The van der Waals surface area contributed by atoms with Crippen molar-refractivity contribution >= 4 is 11.9 Å². The number of amides is 3. The summed E-state index contributed by atoms with van der Waals surface area (Å²) >= 11 is 0. The zero-order valence-corrected chi connectivity index (χ0v) is 13.4. The lowest BCUT2D eigenvalue weighted by molar-refractivity contribution is -0.132. The highest BCUT2D eigenvalue weighted by atomic mass is 19.1. The molecule has 2 unspecified atom stereocenters. The van der Waals surface area contributed by atoms with Crippen LogP contribution in [0.3, 0.4) is 0 Å². The number of halogens is 2. The molecular weight excluding hydrogens is 330 g/mol. The van der Waals surface area contributed by atoms with Crippen LogP contribution in [0.5, 0.6) is 0 Å². The second kappa shape index (κ2) is 6.25. The van der Waals surface area contributed by atoms with Crippen LogP contribution < -0.4 is 5.32 Å². The molecule has 1 aliphatic rings. The molecule has 1 saturated heterocycles. The van der Waals surface area contributed by atoms with Gasteiger partial charge in [-0.15, -0.1) is 0 Å². The average Bonchev–Trinajstić information content (AvgIpc) is 2.81. The quantitative estimate of drug-likeness (QED) is 0.836. The first-order valence-electron chi connectivity index (χ1n) is 7.65. The first kappa shape index (κ1) is 17.0. The summed E-state index contributed by atoms with van der Waals surface area (Å²) in [5.74, 6) is -2.28. The molecule has 1 fully saturated rings. The summed E-state index contributed by atoms with van der Waals surface area (Å²) < 4.78 is 27.6. The van der Waals surface area contributed by atoms with Gasteiger partial charge in [0.1, 0.15) is 17.2 Å². The maximum absolute atomic E-state index is 14.1. The Morgan fingerprint density at radius 3 is 2.52 bits per heavy atom. The summed E-state index contributed by atoms with van der Waals surface area (Å²) in [6.45, 7) is 1.02. The van der Waals surface area contributed by atoms with Crippen molar-refractivity contribution in [3.63, 3.8) is 0 Å². The molecule has 1 aliphatic heterocycles. The summed E-state index contributed by atoms with van der Waals surface area (Å²) in [6.07, 6.45) is -1.09. The number of aliphatic hydroxyl groups is 1. The molecule has 7 heteroatoms. The fraction of sp³-hybridized carbons (Fsp3) is 0.222. The van der Waals surface area contributed by atoms with Gasteiger partial charge in [0.05, 0.1) is 12.6 Å². The monoisotopic (exact) mass is 346 g/mol. The number of nitrogens with one attached hydrogen (secondary N) is 1. The van der Waals surface area contributed by atoms with Gasteiger partial charge in [0.2, 0.25) is 0 Å². The molecule has 0 radical (unpaired) electrons. The van der Waals surface area contributed by atoms with Crippen molar-refractivity contribution in [3.8, 4) is 0 Å². The van der Waals surface area contributed by atoms with Gasteiger partial charge in [-0.3, -0.25) is 9.69 Å². The van der Waals surface area contributed by atoms with Gasteiger partial charge >= 0.3 is 6.03 Å². The second-order valence-electron chi connectivity index (χ2n) is 6.02. The molecule has 2 atom stereocenters. The van der Waals surface area contributed by atoms with Crippen molar-refractivity contribution in [2.75, 3.05) is 6.54 Å². The minimum absolute atomic E-state index is 0.262. The smallest absolute Gasteiger partial charge is 0.325 e. The topological polar surface area (TPSA) is 69.6 Å². The number of β-amino-alcohol motifs (C(OH)–C–C–N with tert-alkyl or cyclic N) is 1. The van der Waals surface area contributed by atoms with Crippen LogP contribution in [0.25, 0.3) is 0 Å². The van der Waals surface area contributed by atoms with Crippen LogP contribution in [0, 0.1) is 11.6 Å². The van der Waals surface area contributed by atoms with Crippen molar-refractivity contribution in [1.29, 1.82) is 0 Å². The molecule has 3 rings (SSSR count). The van der Waals surface area contributed by atoms with Crippen molar-refractivity contribution in [1.82, 2.24) is 10.2 Å². The summed E-state index contributed by atoms with van der Waals surface area (Å²) in [6, 6.07) is 10.5. The van der Waals surface area contributed by atoms with E-state index in [1.165, 1.54) is 6.92 Å². The van der Waals surface area contributed by atoms with Crippen LogP contribution in [0.1, 0.15) is 24.2 Å². The Balaban J connectivity index is 1.88. The first-order valence-corrected chi connectivity index (χ1v) is 7.65. The van der Waals surface area contributed by atoms with E-state index in [-0.39, 0.29) is 12.1 Å². The van der Waals surface area contributed by atoms with E-state index in [1.54, 1.807) is 30.3 Å². The van der Waals surface area contributed by atoms with E-state index < -0.39 is 35.2 Å². The Morgan fingerprint density at radius 2 is 1.84 bits per heavy atom. The minimum atomic E-state index is -1.74. The number of hydrogen-bond acceptors (Lipinski definition) is 3. The number of hydrogen-bond donors (Lipinski definition) is 2. The van der Waals surface area contributed by atoms with E-state index >= 15 is 0 Å². The fourth-order valence-electron chi connectivity index (χ4n) is 2.88. The molecular formula is C18H16F2N2O3. The van der Waals surface area contributed by atoms with Gasteiger partial charge in [0, 0.05) is 5.56 Å². The molecule has 1 heterocycles. The van der Waals surface area contributed by atoms with Crippen molar-refractivity contribution in [3.05, 3.63) is 71.3 Å². The maximum Gasteiger partial charge on any atom is 0.325 e. The van der Waals surface area contributed by atoms with E-state index in [0.717, 1.165) is 23.1 Å². The Labute approximate surface area is 142 Å². The number of nitrogens with zero attached hydrogens (tertiary/aromatic N) is 1. The molecule has 130 valence electrons. The standard InChI is InChI=1S/C18H16F2N2O3/c1-18(13-9-12(19)7-8-14(13)20)16(24)22(17(25)21-18)10-15(23)11-5-3-2-4-6-11/h2-9,15,23H,10H2,1H3,(H,21,25). The molecule has 0 spiro atoms. The summed E-state index contributed by atoms with van der Waals surface area (Å²) in [5.41, 5.74) is -1.46. The fourth-order valence-corrected chi connectivity index (χ4v) is 2.88. The lowest BCUT2D eigenvalue weighted by atomic mass is 9.91. The van der Waals surface area contributed by atoms with E-state index in [1.807, 2.05) is 0 Å². The van der Waals surface area contributed by atoms with E-state index in [9.17, 15) is 23.5 Å². The molecule has 0 aliphatic carbocycles. The molecule has 0 saturated carbocycles. The highest BCUT2D eigenvalue weighted by molar-refractivity contribution is 6.07. The van der Waals surface area contributed by atoms with Gasteiger partial charge in [0.25, 0.3) is 5.91 Å². The lowest BCUT2D eigenvalue weighted by Crippen LogP contribution is -2.42. The second-order valence-corrected chi connectivity index (χ2v) is 6.02. The summed E-state index contributed by atoms with van der Waals surface area (Å²) in [5, 5.41) is 12.6. The Bertz CT molecular complexity index is 828. The lowest BCUT2D eigenvalue weighted by Gasteiger charge is -2.23. The number of imide groups is 1. The van der Waals surface area contributed by atoms with Crippen LogP contribution in [0.15, 0.2) is 48.5 Å². The zero-order chi connectivity index (χ0) is 18.2. The molecule has 5 nitrogen and oxygen atoms in total. The molecule has 25 heavy (non-hydrogen) atoms. The third kappa shape index (κ3) is 2.98. The van der Waals surface area contributed by atoms with Gasteiger partial charge in [-0.05, 0) is 30.7 Å². The van der Waals surface area contributed by atoms with Crippen LogP contribution in [0.4, 0.5) is 13.6 Å². The van der Waals surface area contributed by atoms with E-state index in [4.69, 9.17) is 0 Å². The highest BCUT2D eigenvalue weighted by Gasteiger charge is 2.50.